The van der Waals surface area contributed by atoms with E-state index in [1.165, 1.54) is 205 Å². The molecule has 0 saturated heterocycles. The van der Waals surface area contributed by atoms with Gasteiger partial charge in [-0.15, -0.1) is 0 Å². The molecule has 0 aromatic rings. The molecule has 0 amide bonds. The Hall–Kier alpha value is -2.81. The Labute approximate surface area is 506 Å². The van der Waals surface area contributed by atoms with Gasteiger partial charge in [-0.05, 0) is 70.6 Å². The summed E-state index contributed by atoms with van der Waals surface area (Å²) in [6.45, 7) is 3.67. The van der Waals surface area contributed by atoms with Gasteiger partial charge in [0.15, 0.2) is 6.10 Å². The summed E-state index contributed by atoms with van der Waals surface area (Å²) in [5, 5.41) is 0. The van der Waals surface area contributed by atoms with Gasteiger partial charge in [0.05, 0.1) is 13.2 Å². The van der Waals surface area contributed by atoms with Crippen molar-refractivity contribution in [3.63, 3.8) is 0 Å². The van der Waals surface area contributed by atoms with Crippen LogP contribution in [0.25, 0.3) is 0 Å². The molecule has 0 aliphatic carbocycles. The third-order valence-electron chi connectivity index (χ3n) is 15.0. The van der Waals surface area contributed by atoms with Crippen molar-refractivity contribution in [3.8, 4) is 0 Å². The Bertz CT molecular complexity index is 1620. The first-order valence-corrected chi connectivity index (χ1v) is 36.1. The van der Waals surface area contributed by atoms with Gasteiger partial charge >= 0.3 is 19.8 Å². The van der Waals surface area contributed by atoms with Crippen molar-refractivity contribution in [1.82, 2.24) is 0 Å². The summed E-state index contributed by atoms with van der Waals surface area (Å²) in [7, 11) is -4.40. The van der Waals surface area contributed by atoms with Crippen molar-refractivity contribution in [1.29, 1.82) is 0 Å². The van der Waals surface area contributed by atoms with E-state index in [2.05, 4.69) is 98.9 Å². The highest BCUT2D eigenvalue weighted by Gasteiger charge is 2.26. The molecule has 0 aliphatic rings. The fourth-order valence-corrected chi connectivity index (χ4v) is 10.7. The molecule has 0 spiro atoms. The second kappa shape index (κ2) is 67.3. The number of esters is 2. The van der Waals surface area contributed by atoms with Gasteiger partial charge in [0, 0.05) is 19.4 Å². The zero-order chi connectivity index (χ0) is 59.4. The van der Waals surface area contributed by atoms with Crippen LogP contribution in [-0.2, 0) is 32.7 Å². The second-order valence-corrected chi connectivity index (χ2v) is 24.5. The van der Waals surface area contributed by atoms with Gasteiger partial charge in [-0.25, -0.2) is 4.57 Å². The topological polar surface area (TPSA) is 134 Å². The van der Waals surface area contributed by atoms with Crippen LogP contribution in [0.3, 0.4) is 0 Å². The molecule has 2 atom stereocenters. The maximum Gasteiger partial charge on any atom is 0.472 e. The Morgan fingerprint density at radius 3 is 1.00 bits per heavy atom. The van der Waals surface area contributed by atoms with Crippen LogP contribution in [0.5, 0.6) is 0 Å². The van der Waals surface area contributed by atoms with Gasteiger partial charge in [-0.2, -0.15) is 0 Å². The maximum atomic E-state index is 12.8. The largest absolute Gasteiger partial charge is 0.472 e. The van der Waals surface area contributed by atoms with Crippen molar-refractivity contribution in [2.45, 2.75) is 335 Å². The minimum Gasteiger partial charge on any atom is -0.462 e. The zero-order valence-corrected chi connectivity index (χ0v) is 54.4. The monoisotopic (exact) mass is 1170 g/mol. The smallest absolute Gasteiger partial charge is 0.462 e. The standard InChI is InChI=1S/C72H130NO8P/c1-3-5-7-9-11-13-15-17-19-21-23-25-27-29-31-33-35-37-39-41-43-45-47-49-51-53-55-57-59-61-63-65-72(75)81-70(69-80-82(76,77)79-67-66-73)68-78-71(74)64-62-60-58-56-54-52-50-48-46-44-42-40-38-36-34-32-30-28-26-24-22-20-18-16-14-12-10-8-6-4-2/h5,7,11,13,17,19,23,25,29,31,35,37,41,43,70H,3-4,6,8-10,12,14-16,18,20-22,24,26-28,30,32-34,36,38-40,42,44-69,73H2,1-2H3,(H,76,77)/b7-5-,13-11-,19-17-,25-23-,31-29-,37-35-,43-41-. The van der Waals surface area contributed by atoms with E-state index in [1.807, 2.05) is 0 Å². The van der Waals surface area contributed by atoms with Crippen LogP contribution in [0.15, 0.2) is 85.1 Å². The Morgan fingerprint density at radius 2 is 0.671 bits per heavy atom. The molecule has 2 unspecified atom stereocenters. The number of carbonyl (C=O) groups is 2. The van der Waals surface area contributed by atoms with Gasteiger partial charge in [-0.1, -0.05) is 330 Å². The molecule has 82 heavy (non-hydrogen) atoms. The van der Waals surface area contributed by atoms with E-state index in [0.29, 0.717) is 6.42 Å². The summed E-state index contributed by atoms with van der Waals surface area (Å²) >= 11 is 0. The first kappa shape index (κ1) is 79.2. The lowest BCUT2D eigenvalue weighted by Crippen LogP contribution is -2.29. The van der Waals surface area contributed by atoms with E-state index in [0.717, 1.165) is 89.9 Å². The van der Waals surface area contributed by atoms with Crippen molar-refractivity contribution < 1.29 is 37.6 Å². The molecule has 476 valence electrons. The zero-order valence-electron chi connectivity index (χ0n) is 53.5. The molecule has 10 heteroatoms. The molecule has 0 rings (SSSR count). The van der Waals surface area contributed by atoms with E-state index < -0.39 is 26.5 Å². The number of rotatable bonds is 65. The maximum absolute atomic E-state index is 12.8. The van der Waals surface area contributed by atoms with E-state index >= 15 is 0 Å². The highest BCUT2D eigenvalue weighted by molar-refractivity contribution is 7.47. The summed E-state index contributed by atoms with van der Waals surface area (Å²) in [6.07, 6.45) is 89.6. The summed E-state index contributed by atoms with van der Waals surface area (Å²) in [4.78, 5) is 35.3. The van der Waals surface area contributed by atoms with Gasteiger partial charge in [0.25, 0.3) is 0 Å². The van der Waals surface area contributed by atoms with E-state index in [1.54, 1.807) is 0 Å². The van der Waals surface area contributed by atoms with Crippen molar-refractivity contribution in [2.24, 2.45) is 5.73 Å². The van der Waals surface area contributed by atoms with Crippen LogP contribution >= 0.6 is 7.82 Å². The lowest BCUT2D eigenvalue weighted by atomic mass is 10.0. The number of carbonyl (C=O) groups excluding carboxylic acids is 2. The van der Waals surface area contributed by atoms with Crippen molar-refractivity contribution in [2.75, 3.05) is 26.4 Å². The molecule has 0 bridgehead atoms. The summed E-state index contributed by atoms with van der Waals surface area (Å²) in [6, 6.07) is 0. The summed E-state index contributed by atoms with van der Waals surface area (Å²) in [5.74, 6) is -0.824. The number of phosphoric acid groups is 1. The average molecular weight is 1170 g/mol. The Morgan fingerprint density at radius 1 is 0.378 bits per heavy atom. The lowest BCUT2D eigenvalue weighted by Gasteiger charge is -2.19. The predicted octanol–water partition coefficient (Wildman–Crippen LogP) is 22.6. The fraction of sp³-hybridized carbons (Fsp3) is 0.778. The molecule has 0 aliphatic heterocycles. The number of phosphoric ester groups is 1. The Balaban J connectivity index is 3.90. The van der Waals surface area contributed by atoms with Gasteiger partial charge in [0.2, 0.25) is 0 Å². The first-order chi connectivity index (χ1) is 40.3. The molecule has 0 aromatic heterocycles. The van der Waals surface area contributed by atoms with Crippen LogP contribution in [-0.4, -0.2) is 49.3 Å². The molecule has 0 saturated carbocycles. The fourth-order valence-electron chi connectivity index (χ4n) is 9.97. The quantitative estimate of drug-likeness (QED) is 0.0264. The van der Waals surface area contributed by atoms with Crippen molar-refractivity contribution >= 4 is 19.8 Å². The minimum atomic E-state index is -4.40. The summed E-state index contributed by atoms with van der Waals surface area (Å²) in [5.41, 5.74) is 5.40. The predicted molar refractivity (Wildman–Crippen MR) is 353 cm³/mol. The third kappa shape index (κ3) is 66.3. The lowest BCUT2D eigenvalue weighted by molar-refractivity contribution is -0.161. The number of unbranched alkanes of at least 4 members (excludes halogenated alkanes) is 38. The number of nitrogens with two attached hydrogens (primary N) is 1. The minimum absolute atomic E-state index is 0.0504. The van der Waals surface area contributed by atoms with Gasteiger partial charge < -0.3 is 20.1 Å². The molecule has 9 nitrogen and oxygen atoms in total. The molecule has 0 heterocycles. The molecular weight excluding hydrogens is 1040 g/mol. The third-order valence-corrected chi connectivity index (χ3v) is 16.0. The molecule has 3 N–H and O–H groups in total. The van der Waals surface area contributed by atoms with Crippen LogP contribution in [0.2, 0.25) is 0 Å². The van der Waals surface area contributed by atoms with Crippen LogP contribution in [0.4, 0.5) is 0 Å². The number of hydrogen-bond acceptors (Lipinski definition) is 8. The summed E-state index contributed by atoms with van der Waals surface area (Å²) < 4.78 is 33.2. The van der Waals surface area contributed by atoms with Gasteiger partial charge in [-0.3, -0.25) is 18.6 Å². The van der Waals surface area contributed by atoms with E-state index in [4.69, 9.17) is 24.3 Å². The van der Waals surface area contributed by atoms with E-state index in [-0.39, 0.29) is 38.6 Å². The average Bonchev–Trinajstić information content (AvgIpc) is 3.48. The van der Waals surface area contributed by atoms with E-state index in [9.17, 15) is 19.0 Å². The number of allylic oxidation sites excluding steroid dienone is 14. The Kier molecular flexibility index (Phi) is 65.0. The molecule has 0 fully saturated rings. The van der Waals surface area contributed by atoms with Crippen LogP contribution in [0.1, 0.15) is 328 Å². The highest BCUT2D eigenvalue weighted by Crippen LogP contribution is 2.43. The van der Waals surface area contributed by atoms with Crippen LogP contribution in [0, 0.1) is 0 Å². The second-order valence-electron chi connectivity index (χ2n) is 23.0. The van der Waals surface area contributed by atoms with Crippen molar-refractivity contribution in [3.05, 3.63) is 85.1 Å². The normalized spacial score (nSPS) is 13.5. The molecule has 0 radical (unpaired) electrons. The van der Waals surface area contributed by atoms with Crippen LogP contribution < -0.4 is 5.73 Å². The number of hydrogen-bond donors (Lipinski definition) is 2. The molecule has 0 aromatic carbocycles. The number of ether oxygens (including phenoxy) is 2. The molecular formula is C72H130NO8P. The SMILES string of the molecule is CC/C=C\C/C=C\C/C=C\C/C=C\C/C=C\C/C=C\C/C=C\CCCCCCCCCCCC(=O)OC(COC(=O)CCCCCCCCCCCCCCCCCCCCCCCCCCCCCCCC)COP(=O)(O)OCCN. The van der Waals surface area contributed by atoms with Gasteiger partial charge in [0.1, 0.15) is 6.61 Å². The first-order valence-electron chi connectivity index (χ1n) is 34.6. The highest BCUT2D eigenvalue weighted by atomic mass is 31.2.